The van der Waals surface area contributed by atoms with Crippen LogP contribution in [0.25, 0.3) is 11.4 Å². The van der Waals surface area contributed by atoms with Crippen LogP contribution in [0.15, 0.2) is 65.2 Å². The lowest BCUT2D eigenvalue weighted by Gasteiger charge is -2.19. The molecule has 0 bridgehead atoms. The van der Waals surface area contributed by atoms with Gasteiger partial charge >= 0.3 is 0 Å². The third-order valence-corrected chi connectivity index (χ3v) is 5.55. The highest BCUT2D eigenvalue weighted by Gasteiger charge is 2.23. The Hall–Kier alpha value is -2.51. The third kappa shape index (κ3) is 4.32. The molecule has 25 heavy (non-hydrogen) atoms. The van der Waals surface area contributed by atoms with E-state index in [2.05, 4.69) is 10.1 Å². The van der Waals surface area contributed by atoms with Crippen LogP contribution in [-0.2, 0) is 23.1 Å². The van der Waals surface area contributed by atoms with Crippen molar-refractivity contribution in [3.05, 3.63) is 72.1 Å². The van der Waals surface area contributed by atoms with E-state index in [1.165, 1.54) is 4.31 Å². The molecule has 0 saturated heterocycles. The van der Waals surface area contributed by atoms with Crippen LogP contribution in [-0.4, -0.2) is 28.6 Å². The van der Waals surface area contributed by atoms with Crippen LogP contribution < -0.4 is 0 Å². The molecular weight excluding hydrogens is 338 g/mol. The number of nitrogens with zero attached hydrogens (tertiary/aromatic N) is 3. The fraction of sp³-hybridized carbons (Fsp3) is 0.222. The topological polar surface area (TPSA) is 76.3 Å². The molecule has 0 N–H and O–H groups in total. The van der Waals surface area contributed by atoms with E-state index in [1.54, 1.807) is 6.92 Å². The summed E-state index contributed by atoms with van der Waals surface area (Å²) < 4.78 is 31.5. The summed E-state index contributed by atoms with van der Waals surface area (Å²) in [5.41, 5.74) is 1.73. The fourth-order valence-electron chi connectivity index (χ4n) is 2.40. The van der Waals surface area contributed by atoms with Crippen molar-refractivity contribution in [3.8, 4) is 11.4 Å². The van der Waals surface area contributed by atoms with Gasteiger partial charge in [-0.3, -0.25) is 0 Å². The third-order valence-electron chi connectivity index (χ3n) is 3.77. The first-order valence-electron chi connectivity index (χ1n) is 7.98. The van der Waals surface area contributed by atoms with E-state index < -0.39 is 10.0 Å². The molecular formula is C18H19N3O3S. The largest absolute Gasteiger partial charge is 0.338 e. The Morgan fingerprint density at radius 2 is 1.60 bits per heavy atom. The Labute approximate surface area is 147 Å². The highest BCUT2D eigenvalue weighted by Crippen LogP contribution is 2.18. The zero-order valence-corrected chi connectivity index (χ0v) is 14.7. The van der Waals surface area contributed by atoms with Gasteiger partial charge in [-0.2, -0.15) is 9.29 Å². The molecule has 0 spiro atoms. The molecule has 0 saturated carbocycles. The maximum absolute atomic E-state index is 12.4. The molecule has 0 amide bonds. The summed E-state index contributed by atoms with van der Waals surface area (Å²) in [4.78, 5) is 4.33. The average molecular weight is 357 g/mol. The van der Waals surface area contributed by atoms with Crippen LogP contribution >= 0.6 is 0 Å². The molecule has 0 aliphatic heterocycles. The maximum atomic E-state index is 12.4. The minimum atomic E-state index is -3.41. The Kier molecular flexibility index (Phi) is 5.25. The minimum absolute atomic E-state index is 0.0134. The lowest BCUT2D eigenvalue weighted by Crippen LogP contribution is -2.31. The average Bonchev–Trinajstić information content (AvgIpc) is 3.11. The first-order chi connectivity index (χ1) is 12.1. The van der Waals surface area contributed by atoms with Gasteiger partial charge in [-0.1, -0.05) is 65.8 Å². The lowest BCUT2D eigenvalue weighted by atomic mass is 10.2. The molecule has 0 atom stereocenters. The van der Waals surface area contributed by atoms with Crippen LogP contribution in [0, 0.1) is 0 Å². The monoisotopic (exact) mass is 357 g/mol. The van der Waals surface area contributed by atoms with E-state index in [1.807, 2.05) is 60.7 Å². The second-order valence-corrected chi connectivity index (χ2v) is 7.79. The van der Waals surface area contributed by atoms with Crippen molar-refractivity contribution in [1.82, 2.24) is 14.4 Å². The van der Waals surface area contributed by atoms with Crippen molar-refractivity contribution in [3.63, 3.8) is 0 Å². The normalized spacial score (nSPS) is 11.8. The summed E-state index contributed by atoms with van der Waals surface area (Å²) in [5, 5.41) is 3.95. The van der Waals surface area contributed by atoms with Crippen LogP contribution in [0.2, 0.25) is 0 Å². The Morgan fingerprint density at radius 3 is 2.24 bits per heavy atom. The smallest absolute Gasteiger partial charge is 0.242 e. The summed E-state index contributed by atoms with van der Waals surface area (Å²) in [6.45, 7) is 1.93. The molecule has 0 aliphatic rings. The van der Waals surface area contributed by atoms with Crippen LogP contribution in [0.5, 0.6) is 0 Å². The number of hydrogen-bond acceptors (Lipinski definition) is 5. The van der Waals surface area contributed by atoms with Gasteiger partial charge in [0.2, 0.25) is 21.7 Å². The van der Waals surface area contributed by atoms with Gasteiger partial charge in [0.1, 0.15) is 0 Å². The molecule has 0 radical (unpaired) electrons. The molecule has 0 unspecified atom stereocenters. The summed E-state index contributed by atoms with van der Waals surface area (Å²) in [5.74, 6) is 0.732. The van der Waals surface area contributed by atoms with Crippen molar-refractivity contribution in [2.75, 3.05) is 5.75 Å². The molecule has 1 heterocycles. The predicted molar refractivity (Wildman–Crippen MR) is 94.9 cm³/mol. The number of hydrogen-bond donors (Lipinski definition) is 0. The lowest BCUT2D eigenvalue weighted by molar-refractivity contribution is 0.312. The van der Waals surface area contributed by atoms with E-state index in [0.717, 1.165) is 11.1 Å². The highest BCUT2D eigenvalue weighted by molar-refractivity contribution is 7.89. The van der Waals surface area contributed by atoms with Crippen molar-refractivity contribution < 1.29 is 12.9 Å². The fourth-order valence-corrected chi connectivity index (χ4v) is 3.41. The second-order valence-electron chi connectivity index (χ2n) is 5.53. The molecule has 0 aliphatic carbocycles. The quantitative estimate of drug-likeness (QED) is 0.649. The molecule has 6 nitrogen and oxygen atoms in total. The summed E-state index contributed by atoms with van der Waals surface area (Å²) >= 11 is 0. The van der Waals surface area contributed by atoms with Crippen molar-refractivity contribution >= 4 is 10.0 Å². The van der Waals surface area contributed by atoms with Gasteiger partial charge < -0.3 is 4.52 Å². The summed E-state index contributed by atoms with van der Waals surface area (Å²) in [7, 11) is -3.41. The van der Waals surface area contributed by atoms with E-state index in [9.17, 15) is 8.42 Å². The van der Waals surface area contributed by atoms with Gasteiger partial charge in [0.15, 0.2) is 0 Å². The van der Waals surface area contributed by atoms with Crippen molar-refractivity contribution in [1.29, 1.82) is 0 Å². The number of rotatable bonds is 7. The molecule has 2 aromatic carbocycles. The summed E-state index contributed by atoms with van der Waals surface area (Å²) in [6, 6.07) is 18.9. The molecule has 1 aromatic heterocycles. The van der Waals surface area contributed by atoms with Crippen LogP contribution in [0.1, 0.15) is 18.4 Å². The molecule has 0 fully saturated rings. The number of benzene rings is 2. The molecule has 7 heteroatoms. The second kappa shape index (κ2) is 7.58. The molecule has 3 aromatic rings. The Morgan fingerprint density at radius 1 is 0.960 bits per heavy atom. The zero-order chi connectivity index (χ0) is 17.7. The van der Waals surface area contributed by atoms with Crippen molar-refractivity contribution in [2.24, 2.45) is 0 Å². The zero-order valence-electron chi connectivity index (χ0n) is 13.9. The van der Waals surface area contributed by atoms with E-state index in [0.29, 0.717) is 5.82 Å². The SMILES string of the molecule is CCS(=O)(=O)N(Cc1ccccc1)Cc1nc(-c2ccccc2)no1. The van der Waals surface area contributed by atoms with Crippen molar-refractivity contribution in [2.45, 2.75) is 20.0 Å². The molecule has 3 rings (SSSR count). The highest BCUT2D eigenvalue weighted by atomic mass is 32.2. The predicted octanol–water partition coefficient (Wildman–Crippen LogP) is 3.09. The van der Waals surface area contributed by atoms with E-state index >= 15 is 0 Å². The first kappa shape index (κ1) is 17.3. The summed E-state index contributed by atoms with van der Waals surface area (Å²) in [6.07, 6.45) is 0. The van der Waals surface area contributed by atoms with Gasteiger partial charge in [-0.05, 0) is 12.5 Å². The van der Waals surface area contributed by atoms with Gasteiger partial charge in [0.05, 0.1) is 12.3 Å². The number of aromatic nitrogens is 2. The van der Waals surface area contributed by atoms with E-state index in [-0.39, 0.29) is 24.7 Å². The standard InChI is InChI=1S/C18H19N3O3S/c1-2-25(22,23)21(13-15-9-5-3-6-10-15)14-17-19-18(20-24-17)16-11-7-4-8-12-16/h3-12H,2,13-14H2,1H3. The van der Waals surface area contributed by atoms with Crippen LogP contribution in [0.3, 0.4) is 0 Å². The molecule has 130 valence electrons. The Bertz CT molecular complexity index is 909. The Balaban J connectivity index is 1.82. The van der Waals surface area contributed by atoms with E-state index in [4.69, 9.17) is 4.52 Å². The van der Waals surface area contributed by atoms with Gasteiger partial charge in [-0.15, -0.1) is 0 Å². The first-order valence-corrected chi connectivity index (χ1v) is 9.59. The van der Waals surface area contributed by atoms with Gasteiger partial charge in [0, 0.05) is 12.1 Å². The minimum Gasteiger partial charge on any atom is -0.338 e. The van der Waals surface area contributed by atoms with Gasteiger partial charge in [-0.25, -0.2) is 8.42 Å². The van der Waals surface area contributed by atoms with Gasteiger partial charge in [0.25, 0.3) is 0 Å². The maximum Gasteiger partial charge on any atom is 0.242 e. The van der Waals surface area contributed by atoms with Crippen LogP contribution in [0.4, 0.5) is 0 Å². The number of sulfonamides is 1.